The summed E-state index contributed by atoms with van der Waals surface area (Å²) >= 11 is 7.30. The van der Waals surface area contributed by atoms with Gasteiger partial charge in [0.15, 0.2) is 0 Å². The lowest BCUT2D eigenvalue weighted by Gasteiger charge is -2.23. The average molecular weight is 308 g/mol. The van der Waals surface area contributed by atoms with Crippen molar-refractivity contribution in [2.24, 2.45) is 4.99 Å². The summed E-state index contributed by atoms with van der Waals surface area (Å²) in [7, 11) is 1.69. The molecule has 1 saturated carbocycles. The van der Waals surface area contributed by atoms with Crippen molar-refractivity contribution < 1.29 is 4.52 Å². The van der Waals surface area contributed by atoms with Gasteiger partial charge in [0.1, 0.15) is 0 Å². The van der Waals surface area contributed by atoms with Gasteiger partial charge >= 0.3 is 0 Å². The van der Waals surface area contributed by atoms with Crippen molar-refractivity contribution in [2.75, 3.05) is 7.11 Å². The molecule has 0 spiro atoms. The molecule has 0 bridgehead atoms. The van der Waals surface area contributed by atoms with Crippen LogP contribution < -0.4 is 5.09 Å². The van der Waals surface area contributed by atoms with Crippen LogP contribution in [0.5, 0.6) is 0 Å². The lowest BCUT2D eigenvalue weighted by Crippen LogP contribution is -2.14. The highest BCUT2D eigenvalue weighted by molar-refractivity contribution is 8.69. The molecular weight excluding hydrogens is 283 g/mol. The maximum Gasteiger partial charge on any atom is 0.211 e. The first-order valence-corrected chi connectivity index (χ1v) is 10.9. The van der Waals surface area contributed by atoms with E-state index in [9.17, 15) is 0 Å². The van der Waals surface area contributed by atoms with Crippen molar-refractivity contribution in [3.05, 3.63) is 0 Å². The van der Waals surface area contributed by atoms with Crippen LogP contribution in [0.1, 0.15) is 52.4 Å². The molecule has 1 fully saturated rings. The monoisotopic (exact) mass is 308 g/mol. The van der Waals surface area contributed by atoms with Crippen LogP contribution in [-0.2, 0) is 16.3 Å². The third kappa shape index (κ3) is 6.05. The van der Waals surface area contributed by atoms with Crippen LogP contribution in [0.2, 0.25) is 0 Å². The standard InChI is InChI=1S/C12H25N2OPS2/c1-4-11(2)18-16(17,15-3)14-10-13-12-8-6-5-7-9-12/h10-12H,4-9H2,1-3H3,(H,13,14,17). The van der Waals surface area contributed by atoms with Crippen LogP contribution in [0.3, 0.4) is 0 Å². The third-order valence-electron chi connectivity index (χ3n) is 3.21. The van der Waals surface area contributed by atoms with Crippen LogP contribution in [0.15, 0.2) is 4.99 Å². The van der Waals surface area contributed by atoms with Gasteiger partial charge in [0.05, 0.1) is 12.4 Å². The van der Waals surface area contributed by atoms with E-state index in [-0.39, 0.29) is 0 Å². The number of nitrogens with zero attached hydrogens (tertiary/aromatic N) is 1. The highest BCUT2D eigenvalue weighted by Gasteiger charge is 2.19. The van der Waals surface area contributed by atoms with Gasteiger partial charge in [-0.25, -0.2) is 0 Å². The molecule has 2 unspecified atom stereocenters. The quantitative estimate of drug-likeness (QED) is 0.431. The Morgan fingerprint density at radius 2 is 2.17 bits per heavy atom. The molecule has 1 aliphatic carbocycles. The Balaban J connectivity index is 2.42. The molecule has 0 radical (unpaired) electrons. The van der Waals surface area contributed by atoms with E-state index in [1.165, 1.54) is 32.1 Å². The number of aliphatic imine (C=N–C) groups is 1. The molecule has 0 amide bonds. The van der Waals surface area contributed by atoms with E-state index < -0.39 is 5.62 Å². The van der Waals surface area contributed by atoms with Crippen molar-refractivity contribution in [2.45, 2.75) is 63.7 Å². The lowest BCUT2D eigenvalue weighted by molar-refractivity contribution is 0.443. The first kappa shape index (κ1) is 16.5. The molecule has 106 valence electrons. The van der Waals surface area contributed by atoms with Gasteiger partial charge in [0.25, 0.3) is 0 Å². The molecule has 1 aliphatic rings. The van der Waals surface area contributed by atoms with Crippen molar-refractivity contribution in [3.63, 3.8) is 0 Å². The summed E-state index contributed by atoms with van der Waals surface area (Å²) in [5.41, 5.74) is -1.99. The zero-order valence-corrected chi connectivity index (χ0v) is 14.1. The zero-order chi connectivity index (χ0) is 13.4. The Morgan fingerprint density at radius 3 is 2.72 bits per heavy atom. The van der Waals surface area contributed by atoms with Crippen LogP contribution >= 0.6 is 17.0 Å². The Kier molecular flexibility index (Phi) is 7.85. The molecule has 18 heavy (non-hydrogen) atoms. The molecule has 3 nitrogen and oxygen atoms in total. The minimum absolute atomic E-state index is 0.486. The van der Waals surface area contributed by atoms with Crippen molar-refractivity contribution in [1.82, 2.24) is 5.09 Å². The summed E-state index contributed by atoms with van der Waals surface area (Å²) in [6, 6.07) is 0.486. The second-order valence-corrected chi connectivity index (χ2v) is 11.7. The molecule has 1 rings (SSSR count). The number of hydrogen-bond acceptors (Lipinski definition) is 4. The van der Waals surface area contributed by atoms with Crippen LogP contribution in [0.4, 0.5) is 0 Å². The van der Waals surface area contributed by atoms with Gasteiger partial charge in [-0.05, 0) is 31.1 Å². The Bertz CT molecular complexity index is 306. The van der Waals surface area contributed by atoms with E-state index in [0.29, 0.717) is 11.3 Å². The van der Waals surface area contributed by atoms with Gasteiger partial charge in [0.2, 0.25) is 5.62 Å². The predicted molar refractivity (Wildman–Crippen MR) is 87.1 cm³/mol. The molecule has 0 saturated heterocycles. The van der Waals surface area contributed by atoms with E-state index >= 15 is 0 Å². The highest BCUT2D eigenvalue weighted by atomic mass is 32.9. The van der Waals surface area contributed by atoms with E-state index in [4.69, 9.17) is 16.3 Å². The third-order valence-corrected chi connectivity index (χ3v) is 9.31. The Hall–Kier alpha value is 0.430. The van der Waals surface area contributed by atoms with Gasteiger partial charge in [0, 0.05) is 12.4 Å². The van der Waals surface area contributed by atoms with Gasteiger partial charge in [-0.2, -0.15) is 0 Å². The minimum atomic E-state index is -1.99. The highest BCUT2D eigenvalue weighted by Crippen LogP contribution is 2.57. The molecule has 0 aromatic heterocycles. The van der Waals surface area contributed by atoms with Crippen molar-refractivity contribution in [3.8, 4) is 0 Å². The zero-order valence-electron chi connectivity index (χ0n) is 11.6. The molecule has 0 aliphatic heterocycles. The fourth-order valence-electron chi connectivity index (χ4n) is 1.88. The SMILES string of the molecule is CCC(C)SP(=S)(NC=NC1CCCCC1)OC. The molecule has 6 heteroatoms. The number of hydrogen-bond donors (Lipinski definition) is 1. The van der Waals surface area contributed by atoms with Crippen molar-refractivity contribution >= 4 is 35.1 Å². The molecule has 2 atom stereocenters. The molecule has 0 heterocycles. The summed E-state index contributed by atoms with van der Waals surface area (Å²) < 4.78 is 5.49. The van der Waals surface area contributed by atoms with Crippen LogP contribution in [-0.4, -0.2) is 24.7 Å². The Morgan fingerprint density at radius 1 is 1.50 bits per heavy atom. The van der Waals surface area contributed by atoms with E-state index in [1.807, 2.05) is 0 Å². The fraction of sp³-hybridized carbons (Fsp3) is 0.917. The molecular formula is C12H25N2OPS2. The largest absolute Gasteiger partial charge is 0.330 e. The second-order valence-electron chi connectivity index (χ2n) is 4.70. The predicted octanol–water partition coefficient (Wildman–Crippen LogP) is 4.34. The summed E-state index contributed by atoms with van der Waals surface area (Å²) in [5, 5.41) is 3.75. The van der Waals surface area contributed by atoms with E-state index in [2.05, 4.69) is 23.9 Å². The summed E-state index contributed by atoms with van der Waals surface area (Å²) in [6.45, 7) is 4.35. The normalized spacial score (nSPS) is 22.8. The number of rotatable bonds is 7. The summed E-state index contributed by atoms with van der Waals surface area (Å²) in [6.07, 6.45) is 9.31. The van der Waals surface area contributed by atoms with Crippen LogP contribution in [0.25, 0.3) is 0 Å². The van der Waals surface area contributed by atoms with Crippen LogP contribution in [0, 0.1) is 0 Å². The van der Waals surface area contributed by atoms with Crippen molar-refractivity contribution in [1.29, 1.82) is 0 Å². The lowest BCUT2D eigenvalue weighted by atomic mass is 9.96. The summed E-state index contributed by atoms with van der Waals surface area (Å²) in [5.74, 6) is 0. The van der Waals surface area contributed by atoms with E-state index in [0.717, 1.165) is 6.42 Å². The molecule has 1 N–H and O–H groups in total. The first-order chi connectivity index (χ1) is 8.59. The minimum Gasteiger partial charge on any atom is -0.330 e. The van der Waals surface area contributed by atoms with E-state index in [1.54, 1.807) is 24.8 Å². The molecule has 0 aromatic carbocycles. The van der Waals surface area contributed by atoms with Gasteiger partial charge in [-0.3, -0.25) is 4.99 Å². The Labute approximate surface area is 120 Å². The number of nitrogens with one attached hydrogen (secondary N) is 1. The second kappa shape index (κ2) is 8.57. The topological polar surface area (TPSA) is 33.6 Å². The summed E-state index contributed by atoms with van der Waals surface area (Å²) in [4.78, 5) is 4.58. The van der Waals surface area contributed by atoms with Gasteiger partial charge in [-0.15, -0.1) is 0 Å². The fourth-order valence-corrected chi connectivity index (χ4v) is 6.87. The maximum atomic E-state index is 5.56. The van der Waals surface area contributed by atoms with Gasteiger partial charge in [-0.1, -0.05) is 44.5 Å². The first-order valence-electron chi connectivity index (χ1n) is 6.73. The van der Waals surface area contributed by atoms with Gasteiger partial charge < -0.3 is 9.61 Å². The smallest absolute Gasteiger partial charge is 0.211 e. The molecule has 0 aromatic rings. The average Bonchev–Trinajstić information content (AvgIpc) is 2.40. The maximum absolute atomic E-state index is 5.56.